The van der Waals surface area contributed by atoms with E-state index in [0.717, 1.165) is 34.9 Å². The van der Waals surface area contributed by atoms with Gasteiger partial charge in [-0.25, -0.2) is 14.0 Å². The van der Waals surface area contributed by atoms with Gasteiger partial charge in [0.05, 0.1) is 6.42 Å². The summed E-state index contributed by atoms with van der Waals surface area (Å²) in [7, 11) is 0. The van der Waals surface area contributed by atoms with Crippen molar-refractivity contribution in [3.05, 3.63) is 83.4 Å². The number of primary amides is 1. The number of amides is 5. The van der Waals surface area contributed by atoms with Crippen LogP contribution in [0.5, 0.6) is 0 Å². The third-order valence-electron chi connectivity index (χ3n) is 9.41. The first-order valence-corrected chi connectivity index (χ1v) is 17.3. The molecule has 3 aromatic rings. The van der Waals surface area contributed by atoms with Crippen molar-refractivity contribution in [3.8, 4) is 0 Å². The molecule has 14 nitrogen and oxygen atoms in total. The molecule has 4 rings (SSSR count). The van der Waals surface area contributed by atoms with Gasteiger partial charge in [-0.05, 0) is 47.6 Å². The maximum absolute atomic E-state index is 14.8. The van der Waals surface area contributed by atoms with Gasteiger partial charge in [0, 0.05) is 25.5 Å². The van der Waals surface area contributed by atoms with E-state index in [4.69, 9.17) is 5.73 Å². The molecule has 8 N–H and O–H groups in total. The first-order chi connectivity index (χ1) is 25.2. The minimum Gasteiger partial charge on any atom is -0.478 e. The second-order valence-corrected chi connectivity index (χ2v) is 13.3. The van der Waals surface area contributed by atoms with Gasteiger partial charge in [-0.15, -0.1) is 0 Å². The molecule has 0 bridgehead atoms. The first kappa shape index (κ1) is 39.9. The highest BCUT2D eigenvalue weighted by atomic mass is 19.1. The number of rotatable bonds is 17. The lowest BCUT2D eigenvalue weighted by molar-refractivity contribution is -0.168. The topological polar surface area (TPSA) is 234 Å². The fourth-order valence-corrected chi connectivity index (χ4v) is 6.62. The van der Waals surface area contributed by atoms with Crippen LogP contribution in [0.1, 0.15) is 68.6 Å². The summed E-state index contributed by atoms with van der Waals surface area (Å²) < 4.78 is 14.8. The summed E-state index contributed by atoms with van der Waals surface area (Å²) in [6.07, 6.45) is 2.86. The molecule has 0 heterocycles. The van der Waals surface area contributed by atoms with Crippen LogP contribution in [0.25, 0.3) is 10.8 Å². The lowest BCUT2D eigenvalue weighted by atomic mass is 9.80. The Labute approximate surface area is 305 Å². The SMILES string of the molecule is CC(=O)N[C@@H](Cc1ccc(C(F)(C(=O)O)C(=O)O)cc1)C(=O)NC1(C(=O)N[C@@H](CC(N)=O)C(=O)NCCCc2cccc3ccccc23)CCCCC1. The van der Waals surface area contributed by atoms with E-state index in [2.05, 4.69) is 21.3 Å². The van der Waals surface area contributed by atoms with E-state index in [9.17, 15) is 48.2 Å². The number of halogens is 1. The quantitative estimate of drug-likeness (QED) is 0.0794. The van der Waals surface area contributed by atoms with Crippen LogP contribution in [0, 0.1) is 0 Å². The van der Waals surface area contributed by atoms with Crippen LogP contribution in [-0.4, -0.2) is 75.9 Å². The predicted molar refractivity (Wildman–Crippen MR) is 191 cm³/mol. The summed E-state index contributed by atoms with van der Waals surface area (Å²) in [4.78, 5) is 87.9. The minimum atomic E-state index is -3.70. The molecule has 5 amide bonds. The largest absolute Gasteiger partial charge is 0.478 e. The monoisotopic (exact) mass is 733 g/mol. The Morgan fingerprint density at radius 1 is 0.830 bits per heavy atom. The number of fused-ring (bicyclic) bond motifs is 1. The Hall–Kier alpha value is -5.86. The van der Waals surface area contributed by atoms with Crippen LogP contribution in [0.3, 0.4) is 0 Å². The molecule has 0 unspecified atom stereocenters. The molecule has 0 saturated heterocycles. The highest BCUT2D eigenvalue weighted by molar-refractivity contribution is 6.02. The second-order valence-electron chi connectivity index (χ2n) is 13.3. The van der Waals surface area contributed by atoms with Gasteiger partial charge in [0.1, 0.15) is 17.6 Å². The Morgan fingerprint density at radius 2 is 1.47 bits per heavy atom. The standard InChI is InChI=1S/C38H44FN5O9/c1-23(45)42-29(21-24-14-16-27(17-15-24)38(39,35(50)51)36(52)53)33(48)44-37(18-5-2-6-19-37)34(49)43-30(22-31(40)46)32(47)41-20-8-12-26-11-7-10-25-9-3-4-13-28(25)26/h3-4,7,9-11,13-17,29-30H,2,5-6,8,12,18-22H2,1H3,(H2,40,46)(H,41,47)(H,42,45)(H,43,49)(H,44,48)(H,50,51)(H,52,53)/t29-,30-/m0/s1. The number of benzene rings is 3. The number of alkyl halides is 1. The number of carbonyl (C=O) groups excluding carboxylic acids is 5. The van der Waals surface area contributed by atoms with Crippen molar-refractivity contribution in [1.82, 2.24) is 21.3 Å². The van der Waals surface area contributed by atoms with Crippen molar-refractivity contribution < 1.29 is 48.2 Å². The van der Waals surface area contributed by atoms with Crippen molar-refractivity contribution in [2.75, 3.05) is 6.54 Å². The number of aryl methyl sites for hydroxylation is 1. The smallest absolute Gasteiger partial charge is 0.358 e. The molecule has 1 fully saturated rings. The van der Waals surface area contributed by atoms with E-state index >= 15 is 0 Å². The van der Waals surface area contributed by atoms with Crippen molar-refractivity contribution in [3.63, 3.8) is 0 Å². The summed E-state index contributed by atoms with van der Waals surface area (Å²) in [6.45, 7) is 1.44. The van der Waals surface area contributed by atoms with E-state index in [1.807, 2.05) is 42.5 Å². The Balaban J connectivity index is 1.45. The molecule has 53 heavy (non-hydrogen) atoms. The molecule has 0 aliphatic heterocycles. The van der Waals surface area contributed by atoms with Crippen LogP contribution >= 0.6 is 0 Å². The molecule has 1 aliphatic rings. The fourth-order valence-electron chi connectivity index (χ4n) is 6.62. The van der Waals surface area contributed by atoms with Crippen LogP contribution in [-0.2, 0) is 52.1 Å². The van der Waals surface area contributed by atoms with E-state index < -0.39 is 76.8 Å². The van der Waals surface area contributed by atoms with Gasteiger partial charge < -0.3 is 37.2 Å². The average Bonchev–Trinajstić information content (AvgIpc) is 3.12. The molecular formula is C38H44FN5O9. The molecule has 0 radical (unpaired) electrons. The highest BCUT2D eigenvalue weighted by Crippen LogP contribution is 2.30. The fraction of sp³-hybridized carbons (Fsp3) is 0.395. The van der Waals surface area contributed by atoms with Gasteiger partial charge in [0.25, 0.3) is 0 Å². The van der Waals surface area contributed by atoms with Gasteiger partial charge in [0.2, 0.25) is 29.5 Å². The van der Waals surface area contributed by atoms with Gasteiger partial charge in [0.15, 0.2) is 0 Å². The summed E-state index contributed by atoms with van der Waals surface area (Å²) >= 11 is 0. The van der Waals surface area contributed by atoms with E-state index in [1.54, 1.807) is 0 Å². The predicted octanol–water partition coefficient (Wildman–Crippen LogP) is 2.15. The molecule has 1 saturated carbocycles. The van der Waals surface area contributed by atoms with Crippen molar-refractivity contribution in [1.29, 1.82) is 0 Å². The Kier molecular flexibility index (Phi) is 13.2. The van der Waals surface area contributed by atoms with E-state index in [0.29, 0.717) is 31.2 Å². The molecule has 15 heteroatoms. The molecular weight excluding hydrogens is 689 g/mol. The molecule has 0 spiro atoms. The van der Waals surface area contributed by atoms with Crippen LogP contribution in [0.2, 0.25) is 0 Å². The molecule has 2 atom stereocenters. The molecule has 282 valence electrons. The third-order valence-corrected chi connectivity index (χ3v) is 9.41. The van der Waals surface area contributed by atoms with Crippen molar-refractivity contribution in [2.24, 2.45) is 5.73 Å². The number of carboxylic acids is 2. The number of nitrogens with one attached hydrogen (secondary N) is 4. The van der Waals surface area contributed by atoms with Crippen molar-refractivity contribution >= 4 is 52.2 Å². The van der Waals surface area contributed by atoms with Gasteiger partial charge in [-0.3, -0.25) is 24.0 Å². The number of carbonyl (C=O) groups is 7. The summed E-state index contributed by atoms with van der Waals surface area (Å²) in [5, 5.41) is 31.3. The zero-order chi connectivity index (χ0) is 38.8. The normalized spacial score (nSPS) is 15.0. The van der Waals surface area contributed by atoms with Crippen LogP contribution in [0.15, 0.2) is 66.7 Å². The van der Waals surface area contributed by atoms with Crippen molar-refractivity contribution in [2.45, 2.75) is 88.0 Å². The zero-order valence-electron chi connectivity index (χ0n) is 29.3. The maximum Gasteiger partial charge on any atom is 0.358 e. The number of hydrogen-bond donors (Lipinski definition) is 7. The van der Waals surface area contributed by atoms with Gasteiger partial charge in [-0.1, -0.05) is 86.0 Å². The number of nitrogens with two attached hydrogens (primary N) is 1. The highest BCUT2D eigenvalue weighted by Gasteiger charge is 2.49. The summed E-state index contributed by atoms with van der Waals surface area (Å²) in [5.41, 5.74) is 1.02. The zero-order valence-corrected chi connectivity index (χ0v) is 29.3. The number of aliphatic carboxylic acids is 2. The first-order valence-electron chi connectivity index (χ1n) is 17.3. The Bertz CT molecular complexity index is 1840. The molecule has 1 aliphatic carbocycles. The van der Waals surface area contributed by atoms with Crippen LogP contribution < -0.4 is 27.0 Å². The molecule has 3 aromatic carbocycles. The maximum atomic E-state index is 14.8. The Morgan fingerprint density at radius 3 is 2.09 bits per heavy atom. The van der Waals surface area contributed by atoms with Gasteiger partial charge in [-0.2, -0.15) is 0 Å². The van der Waals surface area contributed by atoms with Gasteiger partial charge >= 0.3 is 17.6 Å². The third kappa shape index (κ3) is 9.93. The second kappa shape index (κ2) is 17.6. The average molecular weight is 734 g/mol. The summed E-state index contributed by atoms with van der Waals surface area (Å²) in [6, 6.07) is 15.8. The lowest BCUT2D eigenvalue weighted by Crippen LogP contribution is -2.65. The molecule has 0 aromatic heterocycles. The van der Waals surface area contributed by atoms with E-state index in [1.165, 1.54) is 19.1 Å². The van der Waals surface area contributed by atoms with E-state index in [-0.39, 0.29) is 25.8 Å². The number of carboxylic acid groups (broad SMARTS) is 2. The lowest BCUT2D eigenvalue weighted by Gasteiger charge is -2.38. The summed E-state index contributed by atoms with van der Waals surface area (Å²) in [5.74, 6) is -7.89. The van der Waals surface area contributed by atoms with Crippen LogP contribution in [0.4, 0.5) is 4.39 Å². The minimum absolute atomic E-state index is 0.186. The number of hydrogen-bond acceptors (Lipinski definition) is 7.